The molecule has 2 atom stereocenters. The van der Waals surface area contributed by atoms with Crippen molar-refractivity contribution >= 4 is 11.6 Å². The van der Waals surface area contributed by atoms with Crippen LogP contribution >= 0.6 is 0 Å². The predicted molar refractivity (Wildman–Crippen MR) is 93.3 cm³/mol. The van der Waals surface area contributed by atoms with Gasteiger partial charge in [-0.3, -0.25) is 4.79 Å². The van der Waals surface area contributed by atoms with Crippen LogP contribution < -0.4 is 5.43 Å². The highest BCUT2D eigenvalue weighted by atomic mass is 16.2. The molecule has 3 heteroatoms. The molecule has 0 unspecified atom stereocenters. The number of carbonyl (C=O) groups is 1. The second-order valence-electron chi connectivity index (χ2n) is 6.01. The fraction of sp³-hybridized carbons (Fsp3) is 0.300. The van der Waals surface area contributed by atoms with E-state index >= 15 is 0 Å². The number of hydrogen-bond donors (Lipinski definition) is 1. The molecule has 2 aromatic rings. The van der Waals surface area contributed by atoms with Crippen LogP contribution in [0.5, 0.6) is 0 Å². The zero-order valence-corrected chi connectivity index (χ0v) is 13.4. The Bertz CT molecular complexity index is 679. The van der Waals surface area contributed by atoms with Crippen molar-refractivity contribution in [3.63, 3.8) is 0 Å². The molecule has 1 fully saturated rings. The average molecular weight is 306 g/mol. The maximum Gasteiger partial charge on any atom is 0.243 e. The summed E-state index contributed by atoms with van der Waals surface area (Å²) in [6.45, 7) is 2.12. The van der Waals surface area contributed by atoms with Crippen LogP contribution in [0.4, 0.5) is 0 Å². The van der Waals surface area contributed by atoms with Crippen LogP contribution in [0.15, 0.2) is 65.8 Å². The van der Waals surface area contributed by atoms with E-state index in [1.807, 2.05) is 48.5 Å². The normalized spacial score (nSPS) is 20.1. The van der Waals surface area contributed by atoms with Crippen molar-refractivity contribution in [2.75, 3.05) is 0 Å². The first kappa shape index (κ1) is 15.5. The number of hydrogen-bond acceptors (Lipinski definition) is 2. The second-order valence-corrected chi connectivity index (χ2v) is 6.01. The molecule has 1 amide bonds. The van der Waals surface area contributed by atoms with E-state index < -0.39 is 0 Å². The number of hydrazone groups is 1. The SMILES string of the molecule is CCCC(=NNC(=O)[C@H]1C[C@H]1c1ccccc1)c1ccccc1. The van der Waals surface area contributed by atoms with E-state index in [1.54, 1.807) is 0 Å². The van der Waals surface area contributed by atoms with E-state index in [4.69, 9.17) is 0 Å². The van der Waals surface area contributed by atoms with Crippen molar-refractivity contribution in [3.05, 3.63) is 71.8 Å². The van der Waals surface area contributed by atoms with Crippen molar-refractivity contribution in [1.29, 1.82) is 0 Å². The van der Waals surface area contributed by atoms with Crippen molar-refractivity contribution in [1.82, 2.24) is 5.43 Å². The zero-order valence-electron chi connectivity index (χ0n) is 13.4. The van der Waals surface area contributed by atoms with Gasteiger partial charge < -0.3 is 0 Å². The number of amides is 1. The summed E-state index contributed by atoms with van der Waals surface area (Å²) in [4.78, 5) is 12.3. The van der Waals surface area contributed by atoms with Gasteiger partial charge in [0.2, 0.25) is 5.91 Å². The van der Waals surface area contributed by atoms with Gasteiger partial charge in [-0.05, 0) is 29.9 Å². The first-order valence-corrected chi connectivity index (χ1v) is 8.26. The van der Waals surface area contributed by atoms with Gasteiger partial charge in [-0.1, -0.05) is 74.0 Å². The van der Waals surface area contributed by atoms with Gasteiger partial charge in [-0.2, -0.15) is 5.10 Å². The van der Waals surface area contributed by atoms with Crippen LogP contribution in [0.1, 0.15) is 43.2 Å². The molecular weight excluding hydrogens is 284 g/mol. The number of nitrogens with zero attached hydrogens (tertiary/aromatic N) is 1. The third-order valence-electron chi connectivity index (χ3n) is 4.25. The highest BCUT2D eigenvalue weighted by Crippen LogP contribution is 2.47. The summed E-state index contributed by atoms with van der Waals surface area (Å²) in [5.74, 6) is 0.431. The number of nitrogens with one attached hydrogen (secondary N) is 1. The van der Waals surface area contributed by atoms with Gasteiger partial charge in [0.1, 0.15) is 0 Å². The van der Waals surface area contributed by atoms with Crippen LogP contribution in [-0.4, -0.2) is 11.6 Å². The predicted octanol–water partition coefficient (Wildman–Crippen LogP) is 4.11. The van der Waals surface area contributed by atoms with Crippen LogP contribution in [0, 0.1) is 5.92 Å². The van der Waals surface area contributed by atoms with Gasteiger partial charge in [0, 0.05) is 5.92 Å². The maximum absolute atomic E-state index is 12.3. The molecule has 0 aromatic heterocycles. The summed E-state index contributed by atoms with van der Waals surface area (Å²) in [6.07, 6.45) is 2.77. The van der Waals surface area contributed by atoms with Gasteiger partial charge in [0.15, 0.2) is 0 Å². The van der Waals surface area contributed by atoms with Crippen LogP contribution in [0.2, 0.25) is 0 Å². The van der Waals surface area contributed by atoms with Crippen molar-refractivity contribution in [2.24, 2.45) is 11.0 Å². The Balaban J connectivity index is 1.63. The third kappa shape index (κ3) is 3.86. The minimum atomic E-state index is 0.0309. The first-order valence-electron chi connectivity index (χ1n) is 8.26. The standard InChI is InChI=1S/C20H22N2O/c1-2-9-19(16-12-7-4-8-13-16)21-22-20(23)18-14-17(18)15-10-5-3-6-11-15/h3-8,10-13,17-18H,2,9,14H2,1H3,(H,22,23)/t17-,18-/m0/s1. The van der Waals surface area contributed by atoms with Crippen molar-refractivity contribution in [2.45, 2.75) is 32.1 Å². The summed E-state index contributed by atoms with van der Waals surface area (Å²) in [5, 5.41) is 4.39. The lowest BCUT2D eigenvalue weighted by Crippen LogP contribution is -2.22. The Kier molecular flexibility index (Phi) is 4.86. The topological polar surface area (TPSA) is 41.5 Å². The Labute approximate surface area is 137 Å². The molecule has 3 nitrogen and oxygen atoms in total. The zero-order chi connectivity index (χ0) is 16.1. The van der Waals surface area contributed by atoms with Gasteiger partial charge >= 0.3 is 0 Å². The summed E-state index contributed by atoms with van der Waals surface area (Å²) in [7, 11) is 0. The Morgan fingerprint density at radius 1 is 1.09 bits per heavy atom. The smallest absolute Gasteiger partial charge is 0.243 e. The molecule has 1 saturated carbocycles. The van der Waals surface area contributed by atoms with E-state index in [1.165, 1.54) is 5.56 Å². The Morgan fingerprint density at radius 2 is 1.74 bits per heavy atom. The molecule has 118 valence electrons. The summed E-state index contributed by atoms with van der Waals surface area (Å²) < 4.78 is 0. The minimum Gasteiger partial charge on any atom is -0.273 e. The van der Waals surface area contributed by atoms with Crippen LogP contribution in [0.3, 0.4) is 0 Å². The summed E-state index contributed by atoms with van der Waals surface area (Å²) in [5.41, 5.74) is 6.04. The third-order valence-corrected chi connectivity index (χ3v) is 4.25. The summed E-state index contributed by atoms with van der Waals surface area (Å²) in [6, 6.07) is 20.3. The van der Waals surface area contributed by atoms with Gasteiger partial charge in [0.25, 0.3) is 0 Å². The Hall–Kier alpha value is -2.42. The highest BCUT2D eigenvalue weighted by molar-refractivity contribution is 6.01. The molecule has 1 aliphatic carbocycles. The minimum absolute atomic E-state index is 0.0309. The molecular formula is C20H22N2O. The molecule has 0 radical (unpaired) electrons. The quantitative estimate of drug-likeness (QED) is 0.633. The van der Waals surface area contributed by atoms with E-state index in [0.717, 1.165) is 30.5 Å². The van der Waals surface area contributed by atoms with Gasteiger partial charge in [-0.25, -0.2) is 5.43 Å². The van der Waals surface area contributed by atoms with Crippen molar-refractivity contribution in [3.8, 4) is 0 Å². The molecule has 1 aliphatic rings. The van der Waals surface area contributed by atoms with Gasteiger partial charge in [0.05, 0.1) is 5.71 Å². The van der Waals surface area contributed by atoms with Gasteiger partial charge in [-0.15, -0.1) is 0 Å². The van der Waals surface area contributed by atoms with E-state index in [2.05, 4.69) is 29.6 Å². The molecule has 0 saturated heterocycles. The lowest BCUT2D eigenvalue weighted by Gasteiger charge is -2.06. The molecule has 0 spiro atoms. The van der Waals surface area contributed by atoms with E-state index in [9.17, 15) is 4.79 Å². The molecule has 3 rings (SSSR count). The lowest BCUT2D eigenvalue weighted by atomic mass is 10.1. The van der Waals surface area contributed by atoms with Crippen LogP contribution in [0.25, 0.3) is 0 Å². The number of carbonyl (C=O) groups excluding carboxylic acids is 1. The molecule has 0 bridgehead atoms. The number of benzene rings is 2. The molecule has 1 N–H and O–H groups in total. The fourth-order valence-electron chi connectivity index (χ4n) is 2.89. The average Bonchev–Trinajstić information content (AvgIpc) is 3.41. The van der Waals surface area contributed by atoms with Crippen LogP contribution in [-0.2, 0) is 4.79 Å². The highest BCUT2D eigenvalue weighted by Gasteiger charge is 2.43. The first-order chi connectivity index (χ1) is 11.3. The fourth-order valence-corrected chi connectivity index (χ4v) is 2.89. The van der Waals surface area contributed by atoms with E-state index in [0.29, 0.717) is 5.92 Å². The second kappa shape index (κ2) is 7.23. The number of rotatable bonds is 6. The monoisotopic (exact) mass is 306 g/mol. The summed E-state index contributed by atoms with van der Waals surface area (Å²) >= 11 is 0. The lowest BCUT2D eigenvalue weighted by molar-refractivity contribution is -0.122. The molecule has 2 aromatic carbocycles. The molecule has 23 heavy (non-hydrogen) atoms. The molecule has 0 aliphatic heterocycles. The van der Waals surface area contributed by atoms with Crippen molar-refractivity contribution < 1.29 is 4.79 Å². The van der Waals surface area contributed by atoms with E-state index in [-0.39, 0.29) is 11.8 Å². The maximum atomic E-state index is 12.3. The molecule has 0 heterocycles. The Morgan fingerprint density at radius 3 is 2.39 bits per heavy atom. The largest absolute Gasteiger partial charge is 0.273 e.